The number of para-hydroxylation sites is 1. The molecule has 3 rings (SSSR count). The number of fused-ring (bicyclic) bond motifs is 3. The van der Waals surface area contributed by atoms with Gasteiger partial charge < -0.3 is 10.1 Å². The molecule has 2 heteroatoms. The first-order chi connectivity index (χ1) is 8.16. The molecular formula is C15H21NO. The van der Waals surface area contributed by atoms with Crippen molar-refractivity contribution in [3.63, 3.8) is 0 Å². The third-order valence-electron chi connectivity index (χ3n) is 4.57. The van der Waals surface area contributed by atoms with Gasteiger partial charge in [0, 0.05) is 17.9 Å². The van der Waals surface area contributed by atoms with E-state index in [1.165, 1.54) is 5.56 Å². The molecule has 1 fully saturated rings. The Hall–Kier alpha value is -1.02. The van der Waals surface area contributed by atoms with Crippen molar-refractivity contribution >= 4 is 0 Å². The van der Waals surface area contributed by atoms with Crippen LogP contribution in [-0.4, -0.2) is 19.2 Å². The monoisotopic (exact) mass is 231 g/mol. The highest BCUT2D eigenvalue weighted by Gasteiger charge is 2.58. The molecule has 0 aromatic heterocycles. The van der Waals surface area contributed by atoms with Gasteiger partial charge in [0.05, 0.1) is 6.61 Å². The van der Waals surface area contributed by atoms with Crippen LogP contribution in [0.4, 0.5) is 0 Å². The van der Waals surface area contributed by atoms with E-state index in [-0.39, 0.29) is 0 Å². The van der Waals surface area contributed by atoms with Crippen molar-refractivity contribution in [2.24, 2.45) is 11.3 Å². The summed E-state index contributed by atoms with van der Waals surface area (Å²) in [6.07, 6.45) is 0. The molecule has 3 unspecified atom stereocenters. The third kappa shape index (κ3) is 1.43. The number of hydrogen-bond acceptors (Lipinski definition) is 2. The molecule has 0 radical (unpaired) electrons. The first-order valence-electron chi connectivity index (χ1n) is 6.61. The summed E-state index contributed by atoms with van der Waals surface area (Å²) >= 11 is 0. The van der Waals surface area contributed by atoms with Gasteiger partial charge in [-0.2, -0.15) is 0 Å². The minimum atomic E-state index is 0.334. The molecule has 0 spiro atoms. The quantitative estimate of drug-likeness (QED) is 0.845. The Morgan fingerprint density at radius 2 is 2.12 bits per heavy atom. The van der Waals surface area contributed by atoms with Gasteiger partial charge in [0.2, 0.25) is 0 Å². The van der Waals surface area contributed by atoms with E-state index in [0.29, 0.717) is 23.3 Å². The minimum Gasteiger partial charge on any atom is -0.493 e. The molecule has 1 aliphatic heterocycles. The van der Waals surface area contributed by atoms with Crippen molar-refractivity contribution in [1.82, 2.24) is 5.32 Å². The lowest BCUT2D eigenvalue weighted by atomic mass is 9.49. The van der Waals surface area contributed by atoms with Crippen molar-refractivity contribution in [1.29, 1.82) is 0 Å². The van der Waals surface area contributed by atoms with Crippen molar-refractivity contribution in [3.05, 3.63) is 29.8 Å². The van der Waals surface area contributed by atoms with Crippen LogP contribution in [0.2, 0.25) is 0 Å². The summed E-state index contributed by atoms with van der Waals surface area (Å²) in [6.45, 7) is 8.84. The van der Waals surface area contributed by atoms with Crippen LogP contribution < -0.4 is 10.1 Å². The van der Waals surface area contributed by atoms with E-state index >= 15 is 0 Å². The van der Waals surface area contributed by atoms with E-state index in [1.807, 2.05) is 0 Å². The highest BCUT2D eigenvalue weighted by molar-refractivity contribution is 5.43. The fraction of sp³-hybridized carbons (Fsp3) is 0.600. The molecule has 1 aliphatic carbocycles. The Labute approximate surface area is 103 Å². The van der Waals surface area contributed by atoms with Crippen molar-refractivity contribution in [3.8, 4) is 5.75 Å². The lowest BCUT2D eigenvalue weighted by Gasteiger charge is -2.60. The molecule has 1 saturated carbocycles. The molecule has 1 heterocycles. The molecule has 1 aromatic carbocycles. The van der Waals surface area contributed by atoms with Crippen LogP contribution >= 0.6 is 0 Å². The fourth-order valence-corrected chi connectivity index (χ4v) is 3.88. The van der Waals surface area contributed by atoms with Gasteiger partial charge in [-0.3, -0.25) is 0 Å². The van der Waals surface area contributed by atoms with Crippen molar-refractivity contribution in [2.75, 3.05) is 13.2 Å². The molecule has 0 saturated heterocycles. The zero-order chi connectivity index (χ0) is 12.0. The fourth-order valence-electron chi connectivity index (χ4n) is 3.88. The van der Waals surface area contributed by atoms with Crippen molar-refractivity contribution < 1.29 is 4.74 Å². The summed E-state index contributed by atoms with van der Waals surface area (Å²) in [6, 6.07) is 9.11. The van der Waals surface area contributed by atoms with Gasteiger partial charge in [0.15, 0.2) is 0 Å². The smallest absolute Gasteiger partial charge is 0.122 e. The van der Waals surface area contributed by atoms with Crippen LogP contribution in [0.25, 0.3) is 0 Å². The second-order valence-electron chi connectivity index (χ2n) is 5.85. The van der Waals surface area contributed by atoms with Gasteiger partial charge in [-0.15, -0.1) is 0 Å². The molecule has 17 heavy (non-hydrogen) atoms. The molecule has 0 amide bonds. The number of ether oxygens (including phenoxy) is 1. The Kier molecular flexibility index (Phi) is 2.44. The Balaban J connectivity index is 1.95. The van der Waals surface area contributed by atoms with E-state index in [2.05, 4.69) is 50.4 Å². The van der Waals surface area contributed by atoms with Crippen LogP contribution in [0.5, 0.6) is 5.75 Å². The van der Waals surface area contributed by atoms with Gasteiger partial charge >= 0.3 is 0 Å². The molecule has 0 bridgehead atoms. The standard InChI is InChI=1S/C15H21NO/c1-4-16-14-11-9-17-12-8-6-5-7-10(12)13(11)15(14,2)3/h5-8,11,13-14,16H,4,9H2,1-3H3. The maximum atomic E-state index is 5.89. The first-order valence-corrected chi connectivity index (χ1v) is 6.61. The second-order valence-corrected chi connectivity index (χ2v) is 5.85. The van der Waals surface area contributed by atoms with E-state index < -0.39 is 0 Å². The largest absolute Gasteiger partial charge is 0.493 e. The molecule has 1 N–H and O–H groups in total. The summed E-state index contributed by atoms with van der Waals surface area (Å²) in [5, 5.41) is 3.62. The predicted octanol–water partition coefficient (Wildman–Crippen LogP) is 2.80. The minimum absolute atomic E-state index is 0.334. The van der Waals surface area contributed by atoms with Crippen LogP contribution in [0.1, 0.15) is 32.3 Å². The van der Waals surface area contributed by atoms with Gasteiger partial charge in [-0.1, -0.05) is 39.0 Å². The number of rotatable bonds is 2. The van der Waals surface area contributed by atoms with E-state index in [4.69, 9.17) is 4.74 Å². The average molecular weight is 231 g/mol. The van der Waals surface area contributed by atoms with Crippen LogP contribution in [0.3, 0.4) is 0 Å². The Morgan fingerprint density at radius 1 is 1.35 bits per heavy atom. The topological polar surface area (TPSA) is 21.3 Å². The molecule has 2 nitrogen and oxygen atoms in total. The van der Waals surface area contributed by atoms with Crippen LogP contribution in [-0.2, 0) is 0 Å². The normalized spacial score (nSPS) is 33.0. The number of nitrogens with one attached hydrogen (secondary N) is 1. The number of benzene rings is 1. The zero-order valence-electron chi connectivity index (χ0n) is 10.9. The SMILES string of the molecule is CCNC1C2COc3ccccc3C2C1(C)C. The van der Waals surface area contributed by atoms with E-state index in [0.717, 1.165) is 18.9 Å². The summed E-state index contributed by atoms with van der Waals surface area (Å²) < 4.78 is 5.89. The van der Waals surface area contributed by atoms with E-state index in [9.17, 15) is 0 Å². The highest BCUT2D eigenvalue weighted by atomic mass is 16.5. The van der Waals surface area contributed by atoms with Gasteiger partial charge in [0.25, 0.3) is 0 Å². The lowest BCUT2D eigenvalue weighted by molar-refractivity contribution is -0.0487. The highest BCUT2D eigenvalue weighted by Crippen LogP contribution is 2.60. The summed E-state index contributed by atoms with van der Waals surface area (Å²) in [7, 11) is 0. The van der Waals surface area contributed by atoms with Gasteiger partial charge in [-0.25, -0.2) is 0 Å². The average Bonchev–Trinajstić information content (AvgIpc) is 2.34. The van der Waals surface area contributed by atoms with Crippen LogP contribution in [0, 0.1) is 11.3 Å². The summed E-state index contributed by atoms with van der Waals surface area (Å²) in [5.74, 6) is 2.38. The molecule has 2 aliphatic rings. The molecule has 3 atom stereocenters. The molecule has 1 aromatic rings. The predicted molar refractivity (Wildman–Crippen MR) is 69.4 cm³/mol. The summed E-state index contributed by atoms with van der Waals surface area (Å²) in [5.41, 5.74) is 1.74. The zero-order valence-corrected chi connectivity index (χ0v) is 10.9. The molecule has 92 valence electrons. The second kappa shape index (κ2) is 3.74. The maximum absolute atomic E-state index is 5.89. The molecular weight excluding hydrogens is 210 g/mol. The third-order valence-corrected chi connectivity index (χ3v) is 4.57. The van der Waals surface area contributed by atoms with E-state index in [1.54, 1.807) is 0 Å². The van der Waals surface area contributed by atoms with Gasteiger partial charge in [-0.05, 0) is 23.6 Å². The number of hydrogen-bond donors (Lipinski definition) is 1. The lowest BCUT2D eigenvalue weighted by Crippen LogP contribution is -2.65. The Morgan fingerprint density at radius 3 is 2.88 bits per heavy atom. The first kappa shape index (κ1) is 11.1. The maximum Gasteiger partial charge on any atom is 0.122 e. The Bertz CT molecular complexity index is 427. The van der Waals surface area contributed by atoms with Gasteiger partial charge in [0.1, 0.15) is 5.75 Å². The summed E-state index contributed by atoms with van der Waals surface area (Å²) in [4.78, 5) is 0. The van der Waals surface area contributed by atoms with Crippen LogP contribution in [0.15, 0.2) is 24.3 Å². The van der Waals surface area contributed by atoms with Crippen molar-refractivity contribution in [2.45, 2.75) is 32.7 Å².